The van der Waals surface area contributed by atoms with Crippen LogP contribution in [0.25, 0.3) is 0 Å². The lowest BCUT2D eigenvalue weighted by atomic mass is 10.2. The van der Waals surface area contributed by atoms with Crippen LogP contribution < -0.4 is 10.1 Å². The van der Waals surface area contributed by atoms with Gasteiger partial charge in [-0.15, -0.1) is 0 Å². The number of hydrogen-bond donors (Lipinski definition) is 1. The molecule has 1 atom stereocenters. The van der Waals surface area contributed by atoms with Crippen LogP contribution in [-0.4, -0.2) is 27.4 Å². The van der Waals surface area contributed by atoms with Crippen molar-refractivity contribution in [3.05, 3.63) is 29.8 Å². The Kier molecular flexibility index (Phi) is 5.90. The predicted molar refractivity (Wildman–Crippen MR) is 65.7 cm³/mol. The molecule has 0 aliphatic carbocycles. The lowest BCUT2D eigenvalue weighted by molar-refractivity contribution is 0.158. The van der Waals surface area contributed by atoms with Crippen molar-refractivity contribution in [3.63, 3.8) is 0 Å². The normalized spacial score (nSPS) is 12.4. The highest BCUT2D eigenvalue weighted by molar-refractivity contribution is 5.26. The third-order valence-corrected chi connectivity index (χ3v) is 2.43. The van der Waals surface area contributed by atoms with E-state index in [9.17, 15) is 0 Å². The number of hydrogen-bond acceptors (Lipinski definition) is 3. The minimum Gasteiger partial charge on any atom is -0.497 e. The van der Waals surface area contributed by atoms with E-state index in [2.05, 4.69) is 24.4 Å². The summed E-state index contributed by atoms with van der Waals surface area (Å²) in [5, 5.41) is 3.40. The summed E-state index contributed by atoms with van der Waals surface area (Å²) in [5.41, 5.74) is 1.27. The molecule has 0 aliphatic heterocycles. The third kappa shape index (κ3) is 4.64. The molecule has 0 saturated carbocycles. The average Bonchev–Trinajstić information content (AvgIpc) is 2.30. The fraction of sp³-hybridized carbons (Fsp3) is 0.538. The van der Waals surface area contributed by atoms with Crippen LogP contribution in [0.4, 0.5) is 0 Å². The van der Waals surface area contributed by atoms with Crippen molar-refractivity contribution in [1.82, 2.24) is 5.32 Å². The van der Waals surface area contributed by atoms with Gasteiger partial charge in [0.15, 0.2) is 0 Å². The van der Waals surface area contributed by atoms with Gasteiger partial charge in [0.05, 0.1) is 7.11 Å². The Labute approximate surface area is 97.8 Å². The van der Waals surface area contributed by atoms with Crippen LogP contribution in [0.1, 0.15) is 12.5 Å². The zero-order valence-electron chi connectivity index (χ0n) is 10.3. The molecule has 0 aliphatic rings. The monoisotopic (exact) mass is 223 g/mol. The van der Waals surface area contributed by atoms with Crippen LogP contribution in [0.5, 0.6) is 5.75 Å². The van der Waals surface area contributed by atoms with E-state index in [0.717, 1.165) is 25.4 Å². The second-order valence-corrected chi connectivity index (χ2v) is 4.04. The van der Waals surface area contributed by atoms with Crippen molar-refractivity contribution in [3.8, 4) is 5.75 Å². The number of rotatable bonds is 7. The van der Waals surface area contributed by atoms with E-state index in [1.807, 2.05) is 12.1 Å². The molecule has 1 rings (SSSR count). The Hall–Kier alpha value is -1.06. The van der Waals surface area contributed by atoms with Gasteiger partial charge in [0.1, 0.15) is 5.75 Å². The van der Waals surface area contributed by atoms with Crippen LogP contribution in [-0.2, 0) is 11.3 Å². The van der Waals surface area contributed by atoms with Gasteiger partial charge in [-0.1, -0.05) is 19.1 Å². The molecule has 0 fully saturated rings. The molecule has 1 N–H and O–H groups in total. The summed E-state index contributed by atoms with van der Waals surface area (Å²) in [5.74, 6) is 1.44. The maximum absolute atomic E-state index is 5.11. The lowest BCUT2D eigenvalue weighted by Gasteiger charge is -2.11. The summed E-state index contributed by atoms with van der Waals surface area (Å²) >= 11 is 0. The molecule has 0 amide bonds. The summed E-state index contributed by atoms with van der Waals surface area (Å²) in [7, 11) is 3.42. The summed E-state index contributed by atoms with van der Waals surface area (Å²) in [6, 6.07) is 8.12. The molecule has 90 valence electrons. The molecule has 0 bridgehead atoms. The average molecular weight is 223 g/mol. The van der Waals surface area contributed by atoms with Gasteiger partial charge in [-0.05, 0) is 23.6 Å². The van der Waals surface area contributed by atoms with Crippen molar-refractivity contribution in [2.24, 2.45) is 5.92 Å². The Bertz CT molecular complexity index is 284. The first-order valence-electron chi connectivity index (χ1n) is 5.59. The van der Waals surface area contributed by atoms with Gasteiger partial charge in [-0.3, -0.25) is 0 Å². The molecule has 0 aromatic heterocycles. The number of methoxy groups -OCH3 is 2. The second-order valence-electron chi connectivity index (χ2n) is 4.04. The van der Waals surface area contributed by atoms with E-state index in [4.69, 9.17) is 9.47 Å². The molecule has 1 aromatic carbocycles. The van der Waals surface area contributed by atoms with Crippen LogP contribution in [0.15, 0.2) is 24.3 Å². The van der Waals surface area contributed by atoms with Gasteiger partial charge < -0.3 is 14.8 Å². The van der Waals surface area contributed by atoms with E-state index in [-0.39, 0.29) is 0 Å². The van der Waals surface area contributed by atoms with Gasteiger partial charge in [0, 0.05) is 26.8 Å². The van der Waals surface area contributed by atoms with E-state index >= 15 is 0 Å². The van der Waals surface area contributed by atoms with E-state index in [1.165, 1.54) is 5.56 Å². The van der Waals surface area contributed by atoms with Gasteiger partial charge in [0.25, 0.3) is 0 Å². The molecule has 16 heavy (non-hydrogen) atoms. The second kappa shape index (κ2) is 7.25. The molecule has 0 saturated heterocycles. The van der Waals surface area contributed by atoms with Gasteiger partial charge in [0.2, 0.25) is 0 Å². The van der Waals surface area contributed by atoms with Crippen LogP contribution >= 0.6 is 0 Å². The van der Waals surface area contributed by atoms with Gasteiger partial charge in [-0.25, -0.2) is 0 Å². The SMILES string of the molecule is COCC(C)CNCc1ccc(OC)cc1. The topological polar surface area (TPSA) is 30.5 Å². The van der Waals surface area contributed by atoms with Crippen LogP contribution in [0.3, 0.4) is 0 Å². The maximum Gasteiger partial charge on any atom is 0.118 e. The first-order chi connectivity index (χ1) is 7.76. The largest absolute Gasteiger partial charge is 0.497 e. The van der Waals surface area contributed by atoms with Gasteiger partial charge >= 0.3 is 0 Å². The Morgan fingerprint density at radius 2 is 1.88 bits per heavy atom. The standard InChI is InChI=1S/C13H21NO2/c1-11(10-15-2)8-14-9-12-4-6-13(16-3)7-5-12/h4-7,11,14H,8-10H2,1-3H3. The molecule has 0 heterocycles. The summed E-state index contributed by atoms with van der Waals surface area (Å²) in [4.78, 5) is 0. The Morgan fingerprint density at radius 1 is 1.19 bits per heavy atom. The minimum atomic E-state index is 0.545. The summed E-state index contributed by atoms with van der Waals surface area (Å²) in [6.45, 7) is 4.83. The molecular formula is C13H21NO2. The maximum atomic E-state index is 5.11. The number of ether oxygens (including phenoxy) is 2. The van der Waals surface area contributed by atoms with Crippen molar-refractivity contribution in [2.75, 3.05) is 27.4 Å². The quantitative estimate of drug-likeness (QED) is 0.767. The highest BCUT2D eigenvalue weighted by Gasteiger charge is 2.00. The van der Waals surface area contributed by atoms with Crippen molar-refractivity contribution >= 4 is 0 Å². The Morgan fingerprint density at radius 3 is 2.44 bits per heavy atom. The minimum absolute atomic E-state index is 0.545. The summed E-state index contributed by atoms with van der Waals surface area (Å²) in [6.07, 6.45) is 0. The fourth-order valence-corrected chi connectivity index (χ4v) is 1.55. The van der Waals surface area contributed by atoms with Crippen molar-refractivity contribution in [1.29, 1.82) is 0 Å². The molecule has 1 aromatic rings. The first kappa shape index (κ1) is 13.0. The fourth-order valence-electron chi connectivity index (χ4n) is 1.55. The first-order valence-corrected chi connectivity index (χ1v) is 5.59. The lowest BCUT2D eigenvalue weighted by Crippen LogP contribution is -2.23. The number of benzene rings is 1. The smallest absolute Gasteiger partial charge is 0.118 e. The molecule has 3 nitrogen and oxygen atoms in total. The zero-order chi connectivity index (χ0) is 11.8. The zero-order valence-corrected chi connectivity index (χ0v) is 10.3. The number of nitrogens with one attached hydrogen (secondary N) is 1. The molecule has 0 spiro atoms. The molecule has 1 unspecified atom stereocenters. The van der Waals surface area contributed by atoms with Crippen LogP contribution in [0.2, 0.25) is 0 Å². The van der Waals surface area contributed by atoms with Crippen molar-refractivity contribution in [2.45, 2.75) is 13.5 Å². The third-order valence-electron chi connectivity index (χ3n) is 2.43. The summed E-state index contributed by atoms with van der Waals surface area (Å²) < 4.78 is 10.2. The van der Waals surface area contributed by atoms with Crippen LogP contribution in [0, 0.1) is 5.92 Å². The highest BCUT2D eigenvalue weighted by Crippen LogP contribution is 2.10. The van der Waals surface area contributed by atoms with Gasteiger partial charge in [-0.2, -0.15) is 0 Å². The van der Waals surface area contributed by atoms with E-state index < -0.39 is 0 Å². The molecule has 0 radical (unpaired) electrons. The predicted octanol–water partition coefficient (Wildman–Crippen LogP) is 2.07. The van der Waals surface area contributed by atoms with Crippen molar-refractivity contribution < 1.29 is 9.47 Å². The molecular weight excluding hydrogens is 202 g/mol. The Balaban J connectivity index is 2.26. The molecule has 3 heteroatoms. The highest BCUT2D eigenvalue weighted by atomic mass is 16.5. The van der Waals surface area contributed by atoms with E-state index in [1.54, 1.807) is 14.2 Å². The van der Waals surface area contributed by atoms with E-state index in [0.29, 0.717) is 5.92 Å².